The van der Waals surface area contributed by atoms with Crippen molar-refractivity contribution in [2.45, 2.75) is 315 Å². The second kappa shape index (κ2) is 29.4. The number of aliphatic hydroxyl groups is 16. The van der Waals surface area contributed by atoms with Crippen LogP contribution < -0.4 is 0 Å². The lowest BCUT2D eigenvalue weighted by molar-refractivity contribution is -0.406. The first-order valence-electron chi connectivity index (χ1n) is 34.1. The maximum Gasteiger partial charge on any atom is 0.397 e. The Morgan fingerprint density at radius 3 is 1.64 bits per heavy atom. The highest BCUT2D eigenvalue weighted by atomic mass is 32.3. The van der Waals surface area contributed by atoms with Gasteiger partial charge >= 0.3 is 10.4 Å². The summed E-state index contributed by atoms with van der Waals surface area (Å²) in [5, 5.41) is 180. The van der Waals surface area contributed by atoms with Gasteiger partial charge in [-0.1, -0.05) is 46.3 Å². The molecule has 34 heteroatoms. The van der Waals surface area contributed by atoms with Crippen LogP contribution in [-0.2, 0) is 76.2 Å². The highest BCUT2D eigenvalue weighted by molar-refractivity contribution is 7.80. The molecule has 10 fully saturated rings. The molecule has 0 aromatic heterocycles. The van der Waals surface area contributed by atoms with Crippen LogP contribution in [-0.4, -0.2) is 323 Å². The Morgan fingerprint density at radius 2 is 1.06 bits per heavy atom. The highest BCUT2D eigenvalue weighted by Gasteiger charge is 2.67. The van der Waals surface area contributed by atoms with Crippen molar-refractivity contribution >= 4 is 10.4 Å². The van der Waals surface area contributed by atoms with Crippen LogP contribution >= 0.6 is 0 Å². The third kappa shape index (κ3) is 14.6. The molecular formula is C63H104O33S. The molecule has 0 radical (unpaired) electrons. The summed E-state index contributed by atoms with van der Waals surface area (Å²) in [4.78, 5) is 0. The number of hydrogen-bond donors (Lipinski definition) is 17. The Bertz CT molecular complexity index is 2790. The van der Waals surface area contributed by atoms with Crippen LogP contribution in [0.1, 0.15) is 107 Å². The number of allylic oxidation sites excluding steroid dienone is 2. The maximum atomic E-state index is 12.6. The molecular weight excluding hydrogens is 1320 g/mol. The van der Waals surface area contributed by atoms with Crippen molar-refractivity contribution < 1.29 is 160 Å². The normalized spacial score (nSPS) is 53.7. The fourth-order valence-corrected chi connectivity index (χ4v) is 18.2. The molecule has 0 amide bonds. The molecule has 7 aliphatic heterocycles. The summed E-state index contributed by atoms with van der Waals surface area (Å²) >= 11 is 0. The Labute approximate surface area is 562 Å². The molecule has 560 valence electrons. The first-order chi connectivity index (χ1) is 45.4. The summed E-state index contributed by atoms with van der Waals surface area (Å²) in [6.45, 7) is 14.1. The molecule has 0 unspecified atom stereocenters. The van der Waals surface area contributed by atoms with E-state index in [0.29, 0.717) is 31.6 Å². The lowest BCUT2D eigenvalue weighted by Crippen LogP contribution is -2.68. The second-order valence-corrected chi connectivity index (χ2v) is 31.2. The van der Waals surface area contributed by atoms with Crippen LogP contribution in [0.15, 0.2) is 11.6 Å². The van der Waals surface area contributed by atoms with Crippen LogP contribution in [0.25, 0.3) is 0 Å². The van der Waals surface area contributed by atoms with Gasteiger partial charge in [0.05, 0.1) is 62.0 Å². The minimum atomic E-state index is -4.91. The van der Waals surface area contributed by atoms with Crippen molar-refractivity contribution in [3.63, 3.8) is 0 Å². The first-order valence-corrected chi connectivity index (χ1v) is 35.4. The number of fused-ring (bicyclic) bond motifs is 5. The van der Waals surface area contributed by atoms with E-state index in [0.717, 1.165) is 6.42 Å². The smallest absolute Gasteiger partial charge is 0.394 e. The van der Waals surface area contributed by atoms with Gasteiger partial charge in [-0.3, -0.25) is 4.55 Å². The predicted molar refractivity (Wildman–Crippen MR) is 322 cm³/mol. The summed E-state index contributed by atoms with van der Waals surface area (Å²) in [7, 11) is -4.91. The molecule has 11 aliphatic rings. The summed E-state index contributed by atoms with van der Waals surface area (Å²) in [6.07, 6.45) is -49.1. The maximum absolute atomic E-state index is 12.6. The van der Waals surface area contributed by atoms with Crippen molar-refractivity contribution in [1.82, 2.24) is 0 Å². The number of hydrogen-bond acceptors (Lipinski definition) is 32. The zero-order valence-corrected chi connectivity index (χ0v) is 56.5. The first kappa shape index (κ1) is 76.6. The van der Waals surface area contributed by atoms with Crippen LogP contribution in [0.5, 0.6) is 0 Å². The van der Waals surface area contributed by atoms with Crippen LogP contribution in [0.3, 0.4) is 0 Å². The van der Waals surface area contributed by atoms with E-state index in [2.05, 4.69) is 40.7 Å². The van der Waals surface area contributed by atoms with Gasteiger partial charge in [-0.2, -0.15) is 8.42 Å². The quantitative estimate of drug-likeness (QED) is 0.0309. The predicted octanol–water partition coefficient (Wildman–Crippen LogP) is -4.80. The highest BCUT2D eigenvalue weighted by Crippen LogP contribution is 2.68. The Balaban J connectivity index is 0.864. The van der Waals surface area contributed by atoms with Gasteiger partial charge in [0.1, 0.15) is 128 Å². The van der Waals surface area contributed by atoms with Crippen molar-refractivity contribution in [3.8, 4) is 0 Å². The third-order valence-corrected chi connectivity index (χ3v) is 24.4. The summed E-state index contributed by atoms with van der Waals surface area (Å²) in [5.41, 5.74) is -1.05. The van der Waals surface area contributed by atoms with E-state index in [-0.39, 0.29) is 48.7 Å². The molecule has 7 heterocycles. The SMILES string of the molecule is CC(C)[C@H](C)[C@@H]1O[C@H]1[C@](C)(O)[C@H]1CC[C@H]2[C@@H]3C[C@H](O[C@@H]4O[C@H](C)[C@@H](O)[C@H](O[C@@H]5OC[C@@H](O[C@@H]6O[C@H](CO)[C@@H](O[C@@H]7O[C@H](CO)[C@H](O)[C@H](O)[C@H]7O)[C@H](O)[C@H]6O[C@@H]6O[C@H](C)[C@H](O)[C@H](O)[C@H]6O)[C@H](O)[C@H]5O[C@@H]5O[C@H](C)[C@@H](O)[C@H](O)[C@H]5O)[C@H]4O)[C@H]4C[C@@H](OS(=O)(=O)O)CC[C@]4(C)C3=CC[C@]12C. The van der Waals surface area contributed by atoms with E-state index in [1.807, 2.05) is 6.92 Å². The van der Waals surface area contributed by atoms with Crippen molar-refractivity contribution in [1.29, 1.82) is 0 Å². The minimum absolute atomic E-state index is 0.0268. The Kier molecular flexibility index (Phi) is 23.2. The largest absolute Gasteiger partial charge is 0.397 e. The van der Waals surface area contributed by atoms with E-state index in [1.54, 1.807) is 0 Å². The fourth-order valence-electron chi connectivity index (χ4n) is 17.7. The average molecular weight is 1420 g/mol. The van der Waals surface area contributed by atoms with Crippen molar-refractivity contribution in [2.75, 3.05) is 19.8 Å². The van der Waals surface area contributed by atoms with Crippen molar-refractivity contribution in [3.05, 3.63) is 11.6 Å². The zero-order valence-electron chi connectivity index (χ0n) is 55.7. The topological polar surface area (TPSA) is 511 Å². The molecule has 0 aromatic carbocycles. The monoisotopic (exact) mass is 1420 g/mol. The van der Waals surface area contributed by atoms with Crippen LogP contribution in [0.4, 0.5) is 0 Å². The Morgan fingerprint density at radius 1 is 0.546 bits per heavy atom. The summed E-state index contributed by atoms with van der Waals surface area (Å²) in [5.74, 6) is -0.224. The molecule has 97 heavy (non-hydrogen) atoms. The average Bonchev–Trinajstić information content (AvgIpc) is 1.67. The van der Waals surface area contributed by atoms with E-state index < -0.39 is 243 Å². The van der Waals surface area contributed by atoms with Gasteiger partial charge in [0.2, 0.25) is 0 Å². The van der Waals surface area contributed by atoms with Gasteiger partial charge in [0, 0.05) is 0 Å². The van der Waals surface area contributed by atoms with E-state index in [1.165, 1.54) is 26.3 Å². The standard InChI is InChI=1S/C63H104O33S/c1-21(2)22(3)49-54(91-49)63(9,79)35-11-10-28-27-17-31(30-16-26(96-97(80,81)82)12-14-61(30,7)29(27)13-15-62(28,35)8)87-58-48(78)51(38(68)25(6)86-58)93-59-52(94-55-44(74)41(71)36(66)23(4)84-55)40(70)34(20-83-59)90-60-53(95-56-45(75)42(72)37(67)24(5)85-56)47(77)50(33(19-65)89-60)92-57-46(76)43(73)39(69)32(18-64)88-57/h13,21-28,30-60,64-79H,10-12,14-20H2,1-9H3,(H,80,81,82)/t22-,23+,24+,25+,26-,27-,28-,30+,31-,32+,33+,34+,35-,36+,37-,38+,39-,40-,41-,42-,43-,44+,45+,46+,47-,48+,49-,50+,51-,52+,53+,54+,55-,56-,57-,58-,59-,60-,61+,62-,63+/m0/s1. The Hall–Kier alpha value is -1.55. The van der Waals surface area contributed by atoms with E-state index in [4.69, 9.17) is 65.8 Å². The molecule has 4 aliphatic carbocycles. The second-order valence-electron chi connectivity index (χ2n) is 30.2. The minimum Gasteiger partial charge on any atom is -0.394 e. The van der Waals surface area contributed by atoms with Gasteiger partial charge in [0.25, 0.3) is 0 Å². The van der Waals surface area contributed by atoms with Gasteiger partial charge in [-0.25, -0.2) is 4.18 Å². The number of aliphatic hydroxyl groups excluding tert-OH is 15. The van der Waals surface area contributed by atoms with Crippen LogP contribution in [0, 0.1) is 46.3 Å². The van der Waals surface area contributed by atoms with Crippen molar-refractivity contribution in [2.24, 2.45) is 46.3 Å². The van der Waals surface area contributed by atoms with E-state index >= 15 is 0 Å². The molecule has 0 aromatic rings. The third-order valence-electron chi connectivity index (χ3n) is 23.8. The lowest BCUT2D eigenvalue weighted by atomic mass is 9.47. The van der Waals surface area contributed by atoms with E-state index in [9.17, 15) is 94.7 Å². The number of ether oxygens (including phenoxy) is 13. The summed E-state index contributed by atoms with van der Waals surface area (Å²) in [6, 6.07) is 0. The molecule has 41 atom stereocenters. The molecule has 7 saturated heterocycles. The van der Waals surface area contributed by atoms with Crippen LogP contribution in [0.2, 0.25) is 0 Å². The lowest BCUT2D eigenvalue weighted by Gasteiger charge is -2.60. The zero-order chi connectivity index (χ0) is 70.8. The van der Waals surface area contributed by atoms with Gasteiger partial charge in [-0.05, 0) is 119 Å². The fraction of sp³-hybridized carbons (Fsp3) is 0.968. The molecule has 11 rings (SSSR count). The number of epoxide rings is 1. The van der Waals surface area contributed by atoms with Gasteiger partial charge in [0.15, 0.2) is 37.7 Å². The molecule has 0 bridgehead atoms. The molecule has 3 saturated carbocycles. The summed E-state index contributed by atoms with van der Waals surface area (Å²) < 4.78 is 120. The molecule has 0 spiro atoms. The molecule has 17 N–H and O–H groups in total. The van der Waals surface area contributed by atoms with Gasteiger partial charge in [-0.15, -0.1) is 0 Å². The van der Waals surface area contributed by atoms with Gasteiger partial charge < -0.3 is 143 Å². The molecule has 33 nitrogen and oxygen atoms in total. The number of rotatable bonds is 20.